The average molecular weight is 332 g/mol. The van der Waals surface area contributed by atoms with E-state index in [1.807, 2.05) is 4.83 Å². The highest BCUT2D eigenvalue weighted by Gasteiger charge is 2.18. The molecule has 1 amide bonds. The molecule has 2 N–H and O–H groups in total. The van der Waals surface area contributed by atoms with Crippen molar-refractivity contribution in [2.24, 2.45) is 7.05 Å². The summed E-state index contributed by atoms with van der Waals surface area (Å²) in [5, 5.41) is -0.327. The van der Waals surface area contributed by atoms with E-state index in [4.69, 9.17) is 11.6 Å². The second-order valence-electron chi connectivity index (χ2n) is 4.14. The van der Waals surface area contributed by atoms with E-state index in [1.165, 1.54) is 10.6 Å². The first kappa shape index (κ1) is 15.5. The Labute approximate surface area is 125 Å². The van der Waals surface area contributed by atoms with Crippen LogP contribution >= 0.6 is 11.6 Å². The number of hydrogen-bond donors (Lipinski definition) is 2. The number of benzene rings is 1. The third-order valence-corrected chi connectivity index (χ3v) is 4.21. The SMILES string of the molecule is Cn1cccc1C(=O)NNS(=O)(=O)c1ccc(F)c(Cl)c1. The Bertz CT molecular complexity index is 789. The van der Waals surface area contributed by atoms with Crippen LogP contribution in [0.25, 0.3) is 0 Å². The predicted octanol–water partition coefficient (Wildman–Crippen LogP) is 1.44. The van der Waals surface area contributed by atoms with Crippen molar-refractivity contribution < 1.29 is 17.6 Å². The number of carbonyl (C=O) groups excluding carboxylic acids is 1. The molecular formula is C12H11ClFN3O3S. The lowest BCUT2D eigenvalue weighted by molar-refractivity contribution is 0.0937. The van der Waals surface area contributed by atoms with E-state index in [2.05, 4.69) is 5.43 Å². The number of halogens is 2. The second-order valence-corrected chi connectivity index (χ2v) is 6.23. The zero-order chi connectivity index (χ0) is 15.6. The first-order chi connectivity index (χ1) is 9.81. The normalized spacial score (nSPS) is 11.4. The summed E-state index contributed by atoms with van der Waals surface area (Å²) in [5.74, 6) is -1.36. The molecule has 0 atom stereocenters. The van der Waals surface area contributed by atoms with Crippen molar-refractivity contribution in [1.29, 1.82) is 0 Å². The van der Waals surface area contributed by atoms with Crippen LogP contribution in [-0.2, 0) is 17.1 Å². The fourth-order valence-corrected chi connectivity index (χ4v) is 2.69. The lowest BCUT2D eigenvalue weighted by Crippen LogP contribution is -2.42. The molecule has 112 valence electrons. The van der Waals surface area contributed by atoms with Crippen LogP contribution in [0.4, 0.5) is 4.39 Å². The van der Waals surface area contributed by atoms with Gasteiger partial charge in [0.25, 0.3) is 15.9 Å². The second kappa shape index (κ2) is 5.84. The van der Waals surface area contributed by atoms with Crippen LogP contribution in [0.1, 0.15) is 10.5 Å². The number of carbonyl (C=O) groups is 1. The standard InChI is InChI=1S/C12H11ClFN3O3S/c1-17-6-2-3-11(17)12(18)15-16-21(19,20)8-4-5-10(14)9(13)7-8/h2-7,16H,1H3,(H,15,18). The van der Waals surface area contributed by atoms with E-state index >= 15 is 0 Å². The molecule has 0 aliphatic rings. The van der Waals surface area contributed by atoms with E-state index < -0.39 is 21.7 Å². The van der Waals surface area contributed by atoms with E-state index in [9.17, 15) is 17.6 Å². The van der Waals surface area contributed by atoms with Crippen LogP contribution in [0.5, 0.6) is 0 Å². The van der Waals surface area contributed by atoms with E-state index in [0.717, 1.165) is 18.2 Å². The van der Waals surface area contributed by atoms with Gasteiger partial charge in [-0.25, -0.2) is 12.8 Å². The fraction of sp³-hybridized carbons (Fsp3) is 0.0833. The maximum Gasteiger partial charge on any atom is 0.282 e. The summed E-state index contributed by atoms with van der Waals surface area (Å²) in [6.07, 6.45) is 1.64. The molecule has 0 saturated carbocycles. The Morgan fingerprint density at radius 1 is 1.33 bits per heavy atom. The Morgan fingerprint density at radius 3 is 2.62 bits per heavy atom. The van der Waals surface area contributed by atoms with Gasteiger partial charge in [-0.3, -0.25) is 10.2 Å². The van der Waals surface area contributed by atoms with Crippen LogP contribution in [0.3, 0.4) is 0 Å². The van der Waals surface area contributed by atoms with Gasteiger partial charge in [-0.2, -0.15) is 0 Å². The minimum atomic E-state index is -4.04. The van der Waals surface area contributed by atoms with Crippen LogP contribution < -0.4 is 10.3 Å². The molecule has 0 fully saturated rings. The Balaban J connectivity index is 2.13. The van der Waals surface area contributed by atoms with Crippen molar-refractivity contribution in [3.8, 4) is 0 Å². The van der Waals surface area contributed by atoms with Crippen LogP contribution in [0.2, 0.25) is 5.02 Å². The Hall–Kier alpha value is -1.90. The molecule has 1 aromatic heterocycles. The highest BCUT2D eigenvalue weighted by Crippen LogP contribution is 2.18. The predicted molar refractivity (Wildman–Crippen MR) is 74.6 cm³/mol. The first-order valence-electron chi connectivity index (χ1n) is 5.70. The highest BCUT2D eigenvalue weighted by molar-refractivity contribution is 7.89. The lowest BCUT2D eigenvalue weighted by Gasteiger charge is -2.09. The molecule has 1 aromatic carbocycles. The number of aromatic nitrogens is 1. The smallest absolute Gasteiger partial charge is 0.282 e. The van der Waals surface area contributed by atoms with Gasteiger partial charge in [0, 0.05) is 13.2 Å². The van der Waals surface area contributed by atoms with Crippen molar-refractivity contribution >= 4 is 27.5 Å². The molecule has 21 heavy (non-hydrogen) atoms. The number of nitrogens with zero attached hydrogens (tertiary/aromatic N) is 1. The van der Waals surface area contributed by atoms with Crippen LogP contribution in [-0.4, -0.2) is 18.9 Å². The quantitative estimate of drug-likeness (QED) is 0.832. The summed E-state index contributed by atoms with van der Waals surface area (Å²) in [7, 11) is -2.40. The van der Waals surface area contributed by atoms with Gasteiger partial charge in [0.05, 0.1) is 9.92 Å². The number of rotatable bonds is 4. The van der Waals surface area contributed by atoms with E-state index in [-0.39, 0.29) is 15.6 Å². The zero-order valence-electron chi connectivity index (χ0n) is 10.8. The van der Waals surface area contributed by atoms with E-state index in [0.29, 0.717) is 0 Å². The summed E-state index contributed by atoms with van der Waals surface area (Å²) in [5.41, 5.74) is 2.34. The summed E-state index contributed by atoms with van der Waals surface area (Å²) in [6.45, 7) is 0. The van der Waals surface area contributed by atoms with Gasteiger partial charge < -0.3 is 4.57 Å². The van der Waals surface area contributed by atoms with Gasteiger partial charge >= 0.3 is 0 Å². The van der Waals surface area contributed by atoms with Crippen molar-refractivity contribution in [2.45, 2.75) is 4.90 Å². The Morgan fingerprint density at radius 2 is 2.05 bits per heavy atom. The molecule has 2 rings (SSSR count). The molecule has 0 saturated heterocycles. The molecule has 0 bridgehead atoms. The number of amides is 1. The zero-order valence-corrected chi connectivity index (χ0v) is 12.4. The Kier molecular flexibility index (Phi) is 4.31. The molecule has 2 aromatic rings. The number of sulfonamides is 1. The van der Waals surface area contributed by atoms with Gasteiger partial charge in [-0.1, -0.05) is 11.6 Å². The molecular weight excluding hydrogens is 321 g/mol. The van der Waals surface area contributed by atoms with Gasteiger partial charge in [-0.15, -0.1) is 4.83 Å². The highest BCUT2D eigenvalue weighted by atomic mass is 35.5. The molecule has 0 unspecified atom stereocenters. The summed E-state index contributed by atoms with van der Waals surface area (Å²) >= 11 is 5.53. The summed E-state index contributed by atoms with van der Waals surface area (Å²) in [4.78, 5) is 13.4. The maximum absolute atomic E-state index is 13.0. The van der Waals surface area contributed by atoms with Crippen molar-refractivity contribution in [3.63, 3.8) is 0 Å². The average Bonchev–Trinajstić information content (AvgIpc) is 2.85. The number of hydrogen-bond acceptors (Lipinski definition) is 3. The first-order valence-corrected chi connectivity index (χ1v) is 7.56. The van der Waals surface area contributed by atoms with Crippen LogP contribution in [0, 0.1) is 5.82 Å². The van der Waals surface area contributed by atoms with Gasteiger partial charge in [0.1, 0.15) is 11.5 Å². The van der Waals surface area contributed by atoms with Gasteiger partial charge in [0.15, 0.2) is 0 Å². The largest absolute Gasteiger partial charge is 0.347 e. The lowest BCUT2D eigenvalue weighted by atomic mass is 10.3. The third-order valence-electron chi connectivity index (χ3n) is 2.68. The van der Waals surface area contributed by atoms with Gasteiger partial charge in [-0.05, 0) is 30.3 Å². The number of nitrogens with one attached hydrogen (secondary N) is 2. The molecule has 0 spiro atoms. The number of aryl methyl sites for hydroxylation is 1. The molecule has 0 aliphatic heterocycles. The van der Waals surface area contributed by atoms with E-state index in [1.54, 1.807) is 19.3 Å². The molecule has 0 radical (unpaired) electrons. The summed E-state index contributed by atoms with van der Waals surface area (Å²) in [6, 6.07) is 6.09. The van der Waals surface area contributed by atoms with Crippen molar-refractivity contribution in [3.05, 3.63) is 53.1 Å². The molecule has 1 heterocycles. The number of hydrazine groups is 1. The van der Waals surface area contributed by atoms with Crippen molar-refractivity contribution in [1.82, 2.24) is 14.8 Å². The minimum absolute atomic E-state index is 0.263. The monoisotopic (exact) mass is 331 g/mol. The molecule has 0 aliphatic carbocycles. The van der Waals surface area contributed by atoms with Gasteiger partial charge in [0.2, 0.25) is 0 Å². The molecule has 6 nitrogen and oxygen atoms in total. The fourth-order valence-electron chi connectivity index (χ4n) is 1.58. The third kappa shape index (κ3) is 3.41. The maximum atomic E-state index is 13.0. The minimum Gasteiger partial charge on any atom is -0.347 e. The summed E-state index contributed by atoms with van der Waals surface area (Å²) < 4.78 is 38.4. The van der Waals surface area contributed by atoms with Crippen molar-refractivity contribution in [2.75, 3.05) is 0 Å². The van der Waals surface area contributed by atoms with Crippen LogP contribution in [0.15, 0.2) is 41.4 Å². The topological polar surface area (TPSA) is 80.2 Å². The molecule has 9 heteroatoms.